The second-order valence-corrected chi connectivity index (χ2v) is 4.63. The molecule has 2 unspecified atom stereocenters. The van der Waals surface area contributed by atoms with E-state index in [4.69, 9.17) is 9.57 Å². The molecule has 0 aromatic heterocycles. The Balaban J connectivity index is 1.89. The molecule has 86 valence electrons. The van der Waals surface area contributed by atoms with E-state index in [1.807, 2.05) is 12.2 Å². The Bertz CT molecular complexity index is 359. The van der Waals surface area contributed by atoms with E-state index in [9.17, 15) is 9.59 Å². The van der Waals surface area contributed by atoms with Gasteiger partial charge in [0.2, 0.25) is 0 Å². The molecule has 2 bridgehead atoms. The minimum Gasteiger partial charge on any atom is -0.365 e. The van der Waals surface area contributed by atoms with E-state index in [-0.39, 0.29) is 42.0 Å². The molecule has 0 aromatic rings. The maximum absolute atomic E-state index is 12.0. The molecule has 2 saturated heterocycles. The fourth-order valence-electron chi connectivity index (χ4n) is 2.59. The number of hydrogen-bond donors (Lipinski definition) is 0. The topological polar surface area (TPSA) is 55.8 Å². The van der Waals surface area contributed by atoms with Crippen LogP contribution in [0.1, 0.15) is 13.8 Å². The predicted octanol–water partition coefficient (Wildman–Crippen LogP) is 0.265. The molecule has 0 spiro atoms. The number of hydrogen-bond acceptors (Lipinski definition) is 4. The van der Waals surface area contributed by atoms with Gasteiger partial charge in [-0.15, -0.1) is 0 Å². The van der Waals surface area contributed by atoms with Crippen molar-refractivity contribution in [2.45, 2.75) is 32.2 Å². The van der Waals surface area contributed by atoms with Crippen LogP contribution in [0.2, 0.25) is 0 Å². The molecule has 5 nitrogen and oxygen atoms in total. The molecule has 3 heterocycles. The van der Waals surface area contributed by atoms with E-state index in [1.165, 1.54) is 0 Å². The van der Waals surface area contributed by atoms with Gasteiger partial charge in [0.05, 0.1) is 30.1 Å². The smallest absolute Gasteiger partial charge is 0.260 e. The van der Waals surface area contributed by atoms with Gasteiger partial charge in [-0.25, -0.2) is 0 Å². The molecule has 0 saturated carbocycles. The number of rotatable bonds is 2. The van der Waals surface area contributed by atoms with Crippen LogP contribution in [0.15, 0.2) is 12.2 Å². The van der Waals surface area contributed by atoms with Gasteiger partial charge in [0.25, 0.3) is 11.8 Å². The molecule has 3 aliphatic heterocycles. The van der Waals surface area contributed by atoms with Crippen LogP contribution < -0.4 is 0 Å². The Hall–Kier alpha value is -1.20. The molecule has 16 heavy (non-hydrogen) atoms. The monoisotopic (exact) mass is 223 g/mol. The van der Waals surface area contributed by atoms with Gasteiger partial charge in [-0.3, -0.25) is 14.4 Å². The molecule has 2 amide bonds. The van der Waals surface area contributed by atoms with Crippen molar-refractivity contribution in [3.8, 4) is 0 Å². The van der Waals surface area contributed by atoms with Crippen molar-refractivity contribution in [2.24, 2.45) is 11.8 Å². The van der Waals surface area contributed by atoms with Crippen LogP contribution >= 0.6 is 0 Å². The Labute approximate surface area is 92.9 Å². The summed E-state index contributed by atoms with van der Waals surface area (Å²) in [6.07, 6.45) is 3.05. The van der Waals surface area contributed by atoms with Gasteiger partial charge in [-0.05, 0) is 13.8 Å². The third-order valence-corrected chi connectivity index (χ3v) is 3.19. The lowest BCUT2D eigenvalue weighted by molar-refractivity contribution is -0.202. The summed E-state index contributed by atoms with van der Waals surface area (Å²) in [5, 5.41) is 0.926. The number of fused-ring (bicyclic) bond motifs is 5. The number of ether oxygens (including phenoxy) is 1. The normalized spacial score (nSPS) is 40.3. The van der Waals surface area contributed by atoms with E-state index in [0.29, 0.717) is 0 Å². The van der Waals surface area contributed by atoms with Crippen LogP contribution in [0.5, 0.6) is 0 Å². The lowest BCUT2D eigenvalue weighted by Gasteiger charge is -2.18. The number of hydroxylamine groups is 2. The van der Waals surface area contributed by atoms with E-state index in [2.05, 4.69) is 0 Å². The molecule has 0 radical (unpaired) electrons. The van der Waals surface area contributed by atoms with Crippen LogP contribution in [0, 0.1) is 11.8 Å². The summed E-state index contributed by atoms with van der Waals surface area (Å²) < 4.78 is 5.50. The molecule has 0 N–H and O–H groups in total. The highest BCUT2D eigenvalue weighted by molar-refractivity contribution is 6.05. The number of nitrogens with zero attached hydrogens (tertiary/aromatic N) is 1. The van der Waals surface area contributed by atoms with Crippen molar-refractivity contribution < 1.29 is 19.2 Å². The molecular formula is C11H13NO4. The minimum atomic E-state index is -0.374. The molecule has 0 aliphatic carbocycles. The highest BCUT2D eigenvalue weighted by atomic mass is 16.7. The molecule has 5 heteroatoms. The quantitative estimate of drug-likeness (QED) is 0.498. The first-order chi connectivity index (χ1) is 7.59. The lowest BCUT2D eigenvalue weighted by Crippen LogP contribution is -2.36. The summed E-state index contributed by atoms with van der Waals surface area (Å²) in [7, 11) is 0. The second-order valence-electron chi connectivity index (χ2n) is 4.63. The van der Waals surface area contributed by atoms with Crippen LogP contribution in [0.25, 0.3) is 0 Å². The first-order valence-electron chi connectivity index (χ1n) is 5.48. The number of carbonyl (C=O) groups is 2. The fraction of sp³-hybridized carbons (Fsp3) is 0.636. The SMILES string of the molecule is CC(C)ON1C(=O)C2C(C1=O)[C@H]1C=C[C@@H]2O1. The highest BCUT2D eigenvalue weighted by Crippen LogP contribution is 2.45. The molecule has 4 atom stereocenters. The summed E-state index contributed by atoms with van der Waals surface area (Å²) in [6.45, 7) is 3.58. The second kappa shape index (κ2) is 3.15. The number of imide groups is 1. The molecular weight excluding hydrogens is 210 g/mol. The van der Waals surface area contributed by atoms with Crippen LogP contribution in [0.3, 0.4) is 0 Å². The predicted molar refractivity (Wildman–Crippen MR) is 52.9 cm³/mol. The van der Waals surface area contributed by atoms with Gasteiger partial charge < -0.3 is 4.74 Å². The van der Waals surface area contributed by atoms with Crippen molar-refractivity contribution in [3.05, 3.63) is 12.2 Å². The Morgan fingerprint density at radius 2 is 1.69 bits per heavy atom. The average Bonchev–Trinajstić information content (AvgIpc) is 2.87. The van der Waals surface area contributed by atoms with Gasteiger partial charge in [0, 0.05) is 0 Å². The van der Waals surface area contributed by atoms with E-state index in [0.717, 1.165) is 5.06 Å². The first-order valence-corrected chi connectivity index (χ1v) is 5.48. The highest BCUT2D eigenvalue weighted by Gasteiger charge is 2.61. The lowest BCUT2D eigenvalue weighted by atomic mass is 9.85. The van der Waals surface area contributed by atoms with Crippen LogP contribution in [0.4, 0.5) is 0 Å². The van der Waals surface area contributed by atoms with E-state index >= 15 is 0 Å². The summed E-state index contributed by atoms with van der Waals surface area (Å²) in [4.78, 5) is 29.2. The van der Waals surface area contributed by atoms with Gasteiger partial charge in [-0.2, -0.15) is 5.06 Å². The Morgan fingerprint density at radius 3 is 2.12 bits per heavy atom. The van der Waals surface area contributed by atoms with Crippen molar-refractivity contribution in [1.29, 1.82) is 0 Å². The fourth-order valence-corrected chi connectivity index (χ4v) is 2.59. The van der Waals surface area contributed by atoms with Crippen LogP contribution in [-0.2, 0) is 19.2 Å². The Kier molecular flexibility index (Phi) is 1.96. The summed E-state index contributed by atoms with van der Waals surface area (Å²) in [6, 6.07) is 0. The van der Waals surface area contributed by atoms with Crippen molar-refractivity contribution in [1.82, 2.24) is 5.06 Å². The maximum Gasteiger partial charge on any atom is 0.260 e. The van der Waals surface area contributed by atoms with Gasteiger partial charge >= 0.3 is 0 Å². The Morgan fingerprint density at radius 1 is 1.19 bits per heavy atom. The van der Waals surface area contributed by atoms with Gasteiger partial charge in [0.15, 0.2) is 0 Å². The zero-order valence-corrected chi connectivity index (χ0v) is 9.12. The number of amides is 2. The largest absolute Gasteiger partial charge is 0.365 e. The van der Waals surface area contributed by atoms with E-state index < -0.39 is 0 Å². The molecule has 3 aliphatic rings. The van der Waals surface area contributed by atoms with Crippen molar-refractivity contribution >= 4 is 11.8 Å². The van der Waals surface area contributed by atoms with Gasteiger partial charge in [-0.1, -0.05) is 12.2 Å². The van der Waals surface area contributed by atoms with E-state index in [1.54, 1.807) is 13.8 Å². The molecule has 3 rings (SSSR count). The molecule has 2 fully saturated rings. The molecule has 0 aromatic carbocycles. The summed E-state index contributed by atoms with van der Waals surface area (Å²) >= 11 is 0. The third kappa shape index (κ3) is 1.13. The first kappa shape index (κ1) is 9.99. The summed E-state index contributed by atoms with van der Waals surface area (Å²) in [5.41, 5.74) is 0. The third-order valence-electron chi connectivity index (χ3n) is 3.19. The maximum atomic E-state index is 12.0. The number of carbonyl (C=O) groups excluding carboxylic acids is 2. The average molecular weight is 223 g/mol. The standard InChI is InChI=1S/C11H13NO4/c1-5(2)16-12-10(13)8-6-3-4-7(15-6)9(8)11(12)14/h3-9H,1-2H3/t6-,7+,8?,9?. The van der Waals surface area contributed by atoms with Gasteiger partial charge in [0.1, 0.15) is 0 Å². The van der Waals surface area contributed by atoms with Crippen LogP contribution in [-0.4, -0.2) is 35.2 Å². The van der Waals surface area contributed by atoms with Crippen molar-refractivity contribution in [3.63, 3.8) is 0 Å². The van der Waals surface area contributed by atoms with Crippen molar-refractivity contribution in [2.75, 3.05) is 0 Å². The summed E-state index contributed by atoms with van der Waals surface area (Å²) in [5.74, 6) is -1.27. The minimum absolute atomic E-state index is 0.182. The zero-order chi connectivity index (χ0) is 11.4. The zero-order valence-electron chi connectivity index (χ0n) is 9.12.